The van der Waals surface area contributed by atoms with E-state index in [1.807, 2.05) is 11.3 Å². The second-order valence-corrected chi connectivity index (χ2v) is 9.32. The van der Waals surface area contributed by atoms with E-state index in [0.29, 0.717) is 17.2 Å². The molecule has 1 aromatic rings. The lowest BCUT2D eigenvalue weighted by molar-refractivity contribution is 0.0682. The number of amides is 1. The van der Waals surface area contributed by atoms with Crippen LogP contribution in [-0.2, 0) is 12.8 Å². The Balaban J connectivity index is 1.77. The van der Waals surface area contributed by atoms with Gasteiger partial charge in [-0.3, -0.25) is 4.79 Å². The van der Waals surface area contributed by atoms with Crippen LogP contribution in [0.15, 0.2) is 5.38 Å². The van der Waals surface area contributed by atoms with Crippen LogP contribution in [0.1, 0.15) is 67.8 Å². The fraction of sp³-hybridized carbons (Fsp3) is 0.737. The molecular formula is C19H29NOS. The Labute approximate surface area is 138 Å². The zero-order valence-electron chi connectivity index (χ0n) is 14.4. The number of rotatable bonds is 1. The van der Waals surface area contributed by atoms with Crippen molar-refractivity contribution >= 4 is 17.2 Å². The van der Waals surface area contributed by atoms with Crippen molar-refractivity contribution in [3.63, 3.8) is 0 Å². The van der Waals surface area contributed by atoms with Crippen LogP contribution in [0, 0.1) is 17.3 Å². The van der Waals surface area contributed by atoms with Gasteiger partial charge >= 0.3 is 0 Å². The normalized spacial score (nSPS) is 25.9. The van der Waals surface area contributed by atoms with Gasteiger partial charge in [0.15, 0.2) is 0 Å². The van der Waals surface area contributed by atoms with Crippen LogP contribution in [0.4, 0.5) is 0 Å². The van der Waals surface area contributed by atoms with Gasteiger partial charge in [0.25, 0.3) is 5.91 Å². The topological polar surface area (TPSA) is 20.3 Å². The van der Waals surface area contributed by atoms with E-state index in [9.17, 15) is 4.79 Å². The molecule has 1 saturated heterocycles. The molecule has 2 heterocycles. The summed E-state index contributed by atoms with van der Waals surface area (Å²) in [6.07, 6.45) is 5.90. The van der Waals surface area contributed by atoms with Crippen LogP contribution in [0.2, 0.25) is 0 Å². The number of hydrogen-bond donors (Lipinski definition) is 0. The van der Waals surface area contributed by atoms with Crippen molar-refractivity contribution in [2.45, 2.75) is 59.8 Å². The minimum absolute atomic E-state index is 0.290. The van der Waals surface area contributed by atoms with Crippen LogP contribution in [-0.4, -0.2) is 23.9 Å². The van der Waals surface area contributed by atoms with Gasteiger partial charge in [-0.1, -0.05) is 27.7 Å². The molecule has 0 saturated carbocycles. The van der Waals surface area contributed by atoms with Crippen molar-refractivity contribution in [1.29, 1.82) is 0 Å². The van der Waals surface area contributed by atoms with Crippen molar-refractivity contribution in [1.82, 2.24) is 4.90 Å². The third kappa shape index (κ3) is 3.10. The van der Waals surface area contributed by atoms with E-state index in [0.717, 1.165) is 43.8 Å². The quantitative estimate of drug-likeness (QED) is 0.730. The molecule has 0 radical (unpaired) electrons. The third-order valence-electron chi connectivity index (χ3n) is 5.55. The van der Waals surface area contributed by atoms with Gasteiger partial charge in [-0.25, -0.2) is 0 Å². The monoisotopic (exact) mass is 319 g/mol. The highest BCUT2D eigenvalue weighted by Crippen LogP contribution is 2.41. The molecule has 0 aromatic carbocycles. The van der Waals surface area contributed by atoms with E-state index in [1.165, 1.54) is 23.3 Å². The fourth-order valence-electron chi connectivity index (χ4n) is 3.98. The molecular weight excluding hydrogens is 290 g/mol. The predicted molar refractivity (Wildman–Crippen MR) is 93.6 cm³/mol. The molecule has 1 aromatic heterocycles. The summed E-state index contributed by atoms with van der Waals surface area (Å²) in [7, 11) is 0. The summed E-state index contributed by atoms with van der Waals surface area (Å²) in [5.41, 5.74) is 2.75. The molecule has 2 aliphatic rings. The molecule has 3 heteroatoms. The summed E-state index contributed by atoms with van der Waals surface area (Å²) in [5.74, 6) is 1.69. The van der Waals surface area contributed by atoms with Crippen molar-refractivity contribution in [3.05, 3.63) is 21.4 Å². The number of hydrogen-bond acceptors (Lipinski definition) is 2. The van der Waals surface area contributed by atoms with E-state index >= 15 is 0 Å². The summed E-state index contributed by atoms with van der Waals surface area (Å²) < 4.78 is 0. The Bertz CT molecular complexity index is 554. The number of likely N-dealkylation sites (tertiary alicyclic amines) is 1. The fourth-order valence-corrected chi connectivity index (χ4v) is 5.13. The molecule has 0 N–H and O–H groups in total. The summed E-state index contributed by atoms with van der Waals surface area (Å²) >= 11 is 1.82. The lowest BCUT2D eigenvalue weighted by Gasteiger charge is -2.34. The first-order valence-electron chi connectivity index (χ1n) is 8.74. The third-order valence-corrected chi connectivity index (χ3v) is 6.61. The van der Waals surface area contributed by atoms with E-state index in [2.05, 4.69) is 38.0 Å². The zero-order valence-corrected chi connectivity index (χ0v) is 15.3. The van der Waals surface area contributed by atoms with Crippen molar-refractivity contribution in [3.8, 4) is 0 Å². The smallest absolute Gasteiger partial charge is 0.254 e. The Hall–Kier alpha value is -0.830. The SMILES string of the molecule is CC1CCCN(C(=O)c2csc3c2CCC(C(C)(C)C)C3)C1. The lowest BCUT2D eigenvalue weighted by atomic mass is 9.72. The van der Waals surface area contributed by atoms with Gasteiger partial charge < -0.3 is 4.90 Å². The first-order valence-corrected chi connectivity index (χ1v) is 9.62. The van der Waals surface area contributed by atoms with Gasteiger partial charge in [0.2, 0.25) is 0 Å². The van der Waals surface area contributed by atoms with E-state index < -0.39 is 0 Å². The summed E-state index contributed by atoms with van der Waals surface area (Å²) in [4.78, 5) is 16.5. The van der Waals surface area contributed by atoms with Gasteiger partial charge in [-0.05, 0) is 54.9 Å². The first-order chi connectivity index (χ1) is 10.4. The molecule has 1 amide bonds. The maximum absolute atomic E-state index is 12.9. The molecule has 1 aliphatic heterocycles. The summed E-state index contributed by atoms with van der Waals surface area (Å²) in [6.45, 7) is 11.2. The van der Waals surface area contributed by atoms with Crippen LogP contribution in [0.3, 0.4) is 0 Å². The second-order valence-electron chi connectivity index (χ2n) is 8.36. The van der Waals surface area contributed by atoms with E-state index in [4.69, 9.17) is 0 Å². The average Bonchev–Trinajstić information content (AvgIpc) is 2.88. The van der Waals surface area contributed by atoms with Crippen LogP contribution in [0.5, 0.6) is 0 Å². The summed E-state index contributed by atoms with van der Waals surface area (Å²) in [5, 5.41) is 2.14. The average molecular weight is 320 g/mol. The molecule has 0 spiro atoms. The molecule has 1 aliphatic carbocycles. The van der Waals surface area contributed by atoms with Crippen molar-refractivity contribution < 1.29 is 4.79 Å². The van der Waals surface area contributed by atoms with Gasteiger partial charge in [0.1, 0.15) is 0 Å². The number of piperidine rings is 1. The van der Waals surface area contributed by atoms with Crippen LogP contribution < -0.4 is 0 Å². The van der Waals surface area contributed by atoms with Gasteiger partial charge in [-0.15, -0.1) is 11.3 Å². The van der Waals surface area contributed by atoms with Crippen molar-refractivity contribution in [2.24, 2.45) is 17.3 Å². The molecule has 2 atom stereocenters. The van der Waals surface area contributed by atoms with Crippen LogP contribution >= 0.6 is 11.3 Å². The standard InChI is InChI=1S/C19H29NOS/c1-13-6-5-9-20(11-13)18(21)16-12-22-17-10-14(19(2,3)4)7-8-15(16)17/h12-14H,5-11H2,1-4H3. The number of nitrogens with zero attached hydrogens (tertiary/aromatic N) is 1. The zero-order chi connectivity index (χ0) is 15.9. The Morgan fingerprint density at radius 3 is 2.77 bits per heavy atom. The maximum Gasteiger partial charge on any atom is 0.254 e. The summed E-state index contributed by atoms with van der Waals surface area (Å²) in [6, 6.07) is 0. The largest absolute Gasteiger partial charge is 0.338 e. The minimum atomic E-state index is 0.290. The molecule has 2 unspecified atom stereocenters. The Kier molecular flexibility index (Phi) is 4.37. The highest BCUT2D eigenvalue weighted by molar-refractivity contribution is 7.10. The highest BCUT2D eigenvalue weighted by atomic mass is 32.1. The number of fused-ring (bicyclic) bond motifs is 1. The van der Waals surface area contributed by atoms with Crippen LogP contribution in [0.25, 0.3) is 0 Å². The maximum atomic E-state index is 12.9. The van der Waals surface area contributed by atoms with E-state index in [1.54, 1.807) is 0 Å². The lowest BCUT2D eigenvalue weighted by Crippen LogP contribution is -2.39. The molecule has 1 fully saturated rings. The van der Waals surface area contributed by atoms with E-state index in [-0.39, 0.29) is 0 Å². The first kappa shape index (κ1) is 16.0. The van der Waals surface area contributed by atoms with Crippen molar-refractivity contribution in [2.75, 3.05) is 13.1 Å². The highest BCUT2D eigenvalue weighted by Gasteiger charge is 2.33. The minimum Gasteiger partial charge on any atom is -0.338 e. The molecule has 3 rings (SSSR count). The molecule has 0 bridgehead atoms. The Morgan fingerprint density at radius 2 is 2.09 bits per heavy atom. The molecule has 2 nitrogen and oxygen atoms in total. The number of carbonyl (C=O) groups is 1. The van der Waals surface area contributed by atoms with Gasteiger partial charge in [0, 0.05) is 23.3 Å². The molecule has 122 valence electrons. The number of thiophene rings is 1. The molecule has 22 heavy (non-hydrogen) atoms. The predicted octanol–water partition coefficient (Wildman–Crippen LogP) is 4.77. The van der Waals surface area contributed by atoms with Gasteiger partial charge in [0.05, 0.1) is 5.56 Å². The number of carbonyl (C=O) groups excluding carboxylic acids is 1. The van der Waals surface area contributed by atoms with Gasteiger partial charge in [-0.2, -0.15) is 0 Å². The Morgan fingerprint density at radius 1 is 1.32 bits per heavy atom. The second kappa shape index (κ2) is 5.99.